The lowest BCUT2D eigenvalue weighted by atomic mass is 10.1. The van der Waals surface area contributed by atoms with Gasteiger partial charge in [-0.05, 0) is 30.7 Å². The molecule has 2 aromatic heterocycles. The van der Waals surface area contributed by atoms with Crippen LogP contribution in [0.15, 0.2) is 55.0 Å². The summed E-state index contributed by atoms with van der Waals surface area (Å²) in [5.41, 5.74) is 1.84. The molecule has 0 radical (unpaired) electrons. The zero-order valence-electron chi connectivity index (χ0n) is 13.8. The molecule has 1 aliphatic heterocycles. The first-order valence-electron chi connectivity index (χ1n) is 8.46. The maximum Gasteiger partial charge on any atom is 0.137 e. The fraction of sp³-hybridized carbons (Fsp3) is 0.316. The van der Waals surface area contributed by atoms with Crippen LogP contribution < -0.4 is 5.32 Å². The molecule has 1 aromatic carbocycles. The van der Waals surface area contributed by atoms with E-state index in [0.717, 1.165) is 28.8 Å². The molecule has 0 saturated carbocycles. The molecule has 25 heavy (non-hydrogen) atoms. The van der Waals surface area contributed by atoms with E-state index in [4.69, 9.17) is 9.47 Å². The number of anilines is 1. The molecule has 6 heteroatoms. The molecule has 1 N–H and O–H groups in total. The SMILES string of the molecule is c1ccc(CO[C@@H]2COCC[C@H]2Nc2ncnc3ccccc23)nc1. The molecule has 0 amide bonds. The Balaban J connectivity index is 1.49. The van der Waals surface area contributed by atoms with E-state index in [-0.39, 0.29) is 12.1 Å². The van der Waals surface area contributed by atoms with Crippen molar-refractivity contribution in [2.75, 3.05) is 18.5 Å². The number of hydrogen-bond donors (Lipinski definition) is 1. The summed E-state index contributed by atoms with van der Waals surface area (Å²) in [4.78, 5) is 13.0. The second kappa shape index (κ2) is 7.55. The Kier molecular flexibility index (Phi) is 4.81. The van der Waals surface area contributed by atoms with E-state index >= 15 is 0 Å². The molecule has 3 aromatic rings. The van der Waals surface area contributed by atoms with Gasteiger partial charge in [0, 0.05) is 18.2 Å². The van der Waals surface area contributed by atoms with Gasteiger partial charge in [0.15, 0.2) is 0 Å². The van der Waals surface area contributed by atoms with Crippen molar-refractivity contribution in [2.24, 2.45) is 0 Å². The van der Waals surface area contributed by atoms with Gasteiger partial charge in [0.05, 0.1) is 30.5 Å². The zero-order valence-corrected chi connectivity index (χ0v) is 13.8. The van der Waals surface area contributed by atoms with Crippen molar-refractivity contribution in [2.45, 2.75) is 25.2 Å². The molecule has 1 fully saturated rings. The Hall–Kier alpha value is -2.57. The highest BCUT2D eigenvalue weighted by Crippen LogP contribution is 2.23. The summed E-state index contributed by atoms with van der Waals surface area (Å²) in [7, 11) is 0. The smallest absolute Gasteiger partial charge is 0.137 e. The Labute approximate surface area is 146 Å². The molecule has 128 valence electrons. The maximum atomic E-state index is 6.07. The molecule has 0 spiro atoms. The first-order chi connectivity index (χ1) is 12.4. The number of hydrogen-bond acceptors (Lipinski definition) is 6. The van der Waals surface area contributed by atoms with E-state index in [1.54, 1.807) is 12.5 Å². The Morgan fingerprint density at radius 2 is 2.00 bits per heavy atom. The lowest BCUT2D eigenvalue weighted by molar-refractivity contribution is -0.0645. The number of nitrogens with one attached hydrogen (secondary N) is 1. The highest BCUT2D eigenvalue weighted by molar-refractivity contribution is 5.88. The van der Waals surface area contributed by atoms with Crippen LogP contribution in [0.25, 0.3) is 10.9 Å². The summed E-state index contributed by atoms with van der Waals surface area (Å²) >= 11 is 0. The summed E-state index contributed by atoms with van der Waals surface area (Å²) in [5, 5.41) is 4.55. The fourth-order valence-corrected chi connectivity index (χ4v) is 3.01. The quantitative estimate of drug-likeness (QED) is 0.773. The van der Waals surface area contributed by atoms with Crippen molar-refractivity contribution in [3.05, 3.63) is 60.7 Å². The third-order valence-electron chi connectivity index (χ3n) is 4.34. The monoisotopic (exact) mass is 336 g/mol. The van der Waals surface area contributed by atoms with Crippen molar-refractivity contribution < 1.29 is 9.47 Å². The minimum atomic E-state index is -0.0514. The number of rotatable bonds is 5. The van der Waals surface area contributed by atoms with Crippen LogP contribution in [0, 0.1) is 0 Å². The van der Waals surface area contributed by atoms with Gasteiger partial charge in [-0.15, -0.1) is 0 Å². The van der Waals surface area contributed by atoms with Crippen LogP contribution in [0.4, 0.5) is 5.82 Å². The zero-order chi connectivity index (χ0) is 16.9. The van der Waals surface area contributed by atoms with E-state index in [2.05, 4.69) is 20.3 Å². The van der Waals surface area contributed by atoms with Gasteiger partial charge in [-0.25, -0.2) is 9.97 Å². The average molecular weight is 336 g/mol. The van der Waals surface area contributed by atoms with Crippen LogP contribution in [0.3, 0.4) is 0 Å². The molecule has 0 bridgehead atoms. The standard InChI is InChI=1S/C19H20N4O2/c1-2-7-16-15(6-1)19(22-13-21-16)23-17-8-10-24-12-18(17)25-11-14-5-3-4-9-20-14/h1-7,9,13,17-18H,8,10-12H2,(H,21,22,23)/t17-,18-/m1/s1. The van der Waals surface area contributed by atoms with Crippen molar-refractivity contribution in [3.8, 4) is 0 Å². The van der Waals surface area contributed by atoms with Crippen LogP contribution in [0.5, 0.6) is 0 Å². The van der Waals surface area contributed by atoms with Gasteiger partial charge in [0.25, 0.3) is 0 Å². The van der Waals surface area contributed by atoms with Gasteiger partial charge < -0.3 is 14.8 Å². The van der Waals surface area contributed by atoms with Crippen LogP contribution in [0.2, 0.25) is 0 Å². The summed E-state index contributed by atoms with van der Waals surface area (Å²) in [6.07, 6.45) is 4.18. The fourth-order valence-electron chi connectivity index (χ4n) is 3.01. The number of fused-ring (bicyclic) bond motifs is 1. The first-order valence-corrected chi connectivity index (χ1v) is 8.46. The van der Waals surface area contributed by atoms with Crippen LogP contribution in [-0.2, 0) is 16.1 Å². The molecular formula is C19H20N4O2. The van der Waals surface area contributed by atoms with Crippen molar-refractivity contribution in [3.63, 3.8) is 0 Å². The van der Waals surface area contributed by atoms with Gasteiger partial charge >= 0.3 is 0 Å². The number of para-hydroxylation sites is 1. The van der Waals surface area contributed by atoms with Gasteiger partial charge in [-0.3, -0.25) is 4.98 Å². The predicted octanol–water partition coefficient (Wildman–Crippen LogP) is 2.81. The minimum Gasteiger partial charge on any atom is -0.379 e. The van der Waals surface area contributed by atoms with Gasteiger partial charge in [-0.1, -0.05) is 18.2 Å². The number of benzene rings is 1. The second-order valence-corrected chi connectivity index (χ2v) is 6.02. The van der Waals surface area contributed by atoms with Gasteiger partial charge in [-0.2, -0.15) is 0 Å². The van der Waals surface area contributed by atoms with Crippen LogP contribution in [-0.4, -0.2) is 40.3 Å². The van der Waals surface area contributed by atoms with E-state index in [1.165, 1.54) is 0 Å². The van der Waals surface area contributed by atoms with Crippen molar-refractivity contribution in [1.29, 1.82) is 0 Å². The molecule has 0 aliphatic carbocycles. The molecule has 3 heterocycles. The summed E-state index contributed by atoms with van der Waals surface area (Å²) < 4.78 is 11.7. The van der Waals surface area contributed by atoms with E-state index in [0.29, 0.717) is 19.8 Å². The predicted molar refractivity (Wildman–Crippen MR) is 95.2 cm³/mol. The Morgan fingerprint density at radius 1 is 1.08 bits per heavy atom. The third-order valence-corrected chi connectivity index (χ3v) is 4.34. The highest BCUT2D eigenvalue weighted by Gasteiger charge is 2.27. The Morgan fingerprint density at radius 3 is 2.92 bits per heavy atom. The number of nitrogens with zero attached hydrogens (tertiary/aromatic N) is 3. The van der Waals surface area contributed by atoms with E-state index < -0.39 is 0 Å². The molecule has 1 saturated heterocycles. The molecule has 0 unspecified atom stereocenters. The molecule has 1 aliphatic rings. The van der Waals surface area contributed by atoms with Crippen LogP contribution in [0.1, 0.15) is 12.1 Å². The number of pyridine rings is 1. The lowest BCUT2D eigenvalue weighted by Gasteiger charge is -2.32. The average Bonchev–Trinajstić information content (AvgIpc) is 2.68. The van der Waals surface area contributed by atoms with Crippen LogP contribution >= 0.6 is 0 Å². The topological polar surface area (TPSA) is 69.2 Å². The first kappa shape index (κ1) is 15.9. The third kappa shape index (κ3) is 3.75. The summed E-state index contributed by atoms with van der Waals surface area (Å²) in [6, 6.07) is 14.0. The van der Waals surface area contributed by atoms with Crippen molar-refractivity contribution >= 4 is 16.7 Å². The number of ether oxygens (including phenoxy) is 2. The highest BCUT2D eigenvalue weighted by atomic mass is 16.5. The van der Waals surface area contributed by atoms with Gasteiger partial charge in [0.2, 0.25) is 0 Å². The summed E-state index contributed by atoms with van der Waals surface area (Å²) in [5.74, 6) is 0.837. The molecular weight excluding hydrogens is 316 g/mol. The van der Waals surface area contributed by atoms with Gasteiger partial charge in [0.1, 0.15) is 18.2 Å². The number of aromatic nitrogens is 3. The molecule has 2 atom stereocenters. The summed E-state index contributed by atoms with van der Waals surface area (Å²) in [6.45, 7) is 1.75. The maximum absolute atomic E-state index is 6.07. The Bertz CT molecular complexity index is 823. The molecule has 6 nitrogen and oxygen atoms in total. The largest absolute Gasteiger partial charge is 0.379 e. The second-order valence-electron chi connectivity index (χ2n) is 6.02. The minimum absolute atomic E-state index is 0.0514. The normalized spacial score (nSPS) is 20.5. The lowest BCUT2D eigenvalue weighted by Crippen LogP contribution is -2.43. The molecule has 4 rings (SSSR count). The van der Waals surface area contributed by atoms with E-state index in [9.17, 15) is 0 Å². The van der Waals surface area contributed by atoms with E-state index in [1.807, 2.05) is 42.5 Å². The van der Waals surface area contributed by atoms with Crippen molar-refractivity contribution in [1.82, 2.24) is 15.0 Å².